The Labute approximate surface area is 90.9 Å². The van der Waals surface area contributed by atoms with E-state index in [1.54, 1.807) is 0 Å². The molecule has 6 nitrogen and oxygen atoms in total. The van der Waals surface area contributed by atoms with Gasteiger partial charge in [-0.25, -0.2) is 0 Å². The molecule has 2 rings (SSSR count). The fraction of sp³-hybridized carbons (Fsp3) is 0.100. The lowest BCUT2D eigenvalue weighted by molar-refractivity contribution is -0.600. The minimum absolute atomic E-state index is 0.148. The van der Waals surface area contributed by atoms with Crippen LogP contribution in [0.2, 0.25) is 0 Å². The number of aromatic nitrogens is 2. The van der Waals surface area contributed by atoms with Crippen molar-refractivity contribution in [3.05, 3.63) is 41.0 Å². The molecule has 1 N–H and O–H groups in total. The van der Waals surface area contributed by atoms with E-state index in [0.717, 1.165) is 0 Å². The molecule has 0 bridgehead atoms. The van der Waals surface area contributed by atoms with Crippen molar-refractivity contribution in [2.75, 3.05) is 5.32 Å². The third-order valence-corrected chi connectivity index (χ3v) is 2.12. The summed E-state index contributed by atoms with van der Waals surface area (Å²) in [6.45, 7) is 1.34. The molecular formula is C10H9N3O3. The second-order valence-electron chi connectivity index (χ2n) is 3.30. The van der Waals surface area contributed by atoms with E-state index in [2.05, 4.69) is 5.32 Å². The average molecular weight is 219 g/mol. The Hall–Kier alpha value is -2.37. The molecule has 0 spiro atoms. The molecule has 16 heavy (non-hydrogen) atoms. The molecule has 0 saturated carbocycles. The lowest BCUT2D eigenvalue weighted by atomic mass is 10.3. The minimum atomic E-state index is -0.297. The predicted molar refractivity (Wildman–Crippen MR) is 56.2 cm³/mol. The summed E-state index contributed by atoms with van der Waals surface area (Å²) in [7, 11) is 0. The van der Waals surface area contributed by atoms with Crippen LogP contribution >= 0.6 is 0 Å². The molecule has 0 fully saturated rings. The molecule has 0 aliphatic rings. The third kappa shape index (κ3) is 1.60. The molecule has 0 atom stereocenters. The number of rotatable bonds is 1. The smallest absolute Gasteiger partial charge is 0.313 e. The second-order valence-corrected chi connectivity index (χ2v) is 3.30. The van der Waals surface area contributed by atoms with Crippen LogP contribution in [0.4, 0.5) is 5.69 Å². The first-order chi connectivity index (χ1) is 7.59. The monoisotopic (exact) mass is 219 g/mol. The number of carbonyl (C=O) groups is 1. The number of hydrogen-bond donors (Lipinski definition) is 1. The SMILES string of the molecule is CC(=O)Nc1cc[n+]([O-])c2ccc[n+]([O-])c12. The summed E-state index contributed by atoms with van der Waals surface area (Å²) in [5.41, 5.74) is 0.684. The second kappa shape index (κ2) is 3.65. The van der Waals surface area contributed by atoms with Crippen LogP contribution in [0.1, 0.15) is 6.92 Å². The molecule has 1 amide bonds. The summed E-state index contributed by atoms with van der Waals surface area (Å²) in [6.07, 6.45) is 2.52. The fourth-order valence-electron chi connectivity index (χ4n) is 1.51. The van der Waals surface area contributed by atoms with Gasteiger partial charge in [-0.05, 0) is 0 Å². The summed E-state index contributed by atoms with van der Waals surface area (Å²) in [6, 6.07) is 4.38. The van der Waals surface area contributed by atoms with Crippen molar-refractivity contribution in [3.63, 3.8) is 0 Å². The molecule has 82 valence electrons. The van der Waals surface area contributed by atoms with Gasteiger partial charge in [0.15, 0.2) is 12.4 Å². The molecule has 2 aromatic heterocycles. The van der Waals surface area contributed by atoms with Crippen LogP contribution in [0.25, 0.3) is 11.0 Å². The standard InChI is InChI=1S/C10H9N3O3/c1-7(14)11-8-4-6-12(15)9-3-2-5-13(16)10(8)9/h2-6H,1H3,(H,11,14). The van der Waals surface area contributed by atoms with Crippen molar-refractivity contribution >= 4 is 22.6 Å². The van der Waals surface area contributed by atoms with Gasteiger partial charge in [-0.3, -0.25) is 4.79 Å². The summed E-state index contributed by atoms with van der Waals surface area (Å²) in [4.78, 5) is 10.9. The van der Waals surface area contributed by atoms with E-state index in [1.165, 1.54) is 37.5 Å². The van der Waals surface area contributed by atoms with Crippen LogP contribution in [-0.2, 0) is 4.79 Å². The Bertz CT molecular complexity index is 568. The third-order valence-electron chi connectivity index (χ3n) is 2.12. The molecule has 0 aliphatic carbocycles. The van der Waals surface area contributed by atoms with E-state index in [0.29, 0.717) is 15.1 Å². The lowest BCUT2D eigenvalue weighted by Crippen LogP contribution is -2.34. The number of amides is 1. The van der Waals surface area contributed by atoms with Gasteiger partial charge in [0.1, 0.15) is 5.69 Å². The highest BCUT2D eigenvalue weighted by Crippen LogP contribution is 2.15. The number of carbonyl (C=O) groups excluding carboxylic acids is 1. The van der Waals surface area contributed by atoms with Crippen LogP contribution in [0.15, 0.2) is 30.6 Å². The van der Waals surface area contributed by atoms with Gasteiger partial charge in [0, 0.05) is 25.1 Å². The number of pyridine rings is 2. The zero-order valence-corrected chi connectivity index (χ0v) is 8.51. The number of nitrogens with zero attached hydrogens (tertiary/aromatic N) is 2. The minimum Gasteiger partial charge on any atom is -0.618 e. The van der Waals surface area contributed by atoms with Crippen molar-refractivity contribution < 1.29 is 14.3 Å². The van der Waals surface area contributed by atoms with E-state index < -0.39 is 0 Å². The average Bonchev–Trinajstić information content (AvgIpc) is 2.22. The normalized spacial score (nSPS) is 10.3. The zero-order chi connectivity index (χ0) is 11.7. The van der Waals surface area contributed by atoms with E-state index in [1.807, 2.05) is 0 Å². The van der Waals surface area contributed by atoms with Gasteiger partial charge in [0.25, 0.3) is 5.52 Å². The quantitative estimate of drug-likeness (QED) is 0.544. The molecule has 6 heteroatoms. The first-order valence-electron chi connectivity index (χ1n) is 4.61. The van der Waals surface area contributed by atoms with E-state index in [-0.39, 0.29) is 16.9 Å². The maximum atomic E-state index is 11.5. The van der Waals surface area contributed by atoms with Crippen molar-refractivity contribution in [1.82, 2.24) is 0 Å². The Balaban J connectivity index is 2.75. The van der Waals surface area contributed by atoms with Gasteiger partial charge >= 0.3 is 5.52 Å². The van der Waals surface area contributed by atoms with Crippen LogP contribution in [0, 0.1) is 10.4 Å². The maximum Gasteiger partial charge on any atom is 0.313 e. The summed E-state index contributed by atoms with van der Waals surface area (Å²) in [5.74, 6) is -0.297. The van der Waals surface area contributed by atoms with E-state index in [9.17, 15) is 15.2 Å². The number of hydrogen-bond acceptors (Lipinski definition) is 3. The van der Waals surface area contributed by atoms with Gasteiger partial charge < -0.3 is 15.7 Å². The molecule has 0 aliphatic heterocycles. The van der Waals surface area contributed by atoms with Gasteiger partial charge in [-0.2, -0.15) is 9.46 Å². The predicted octanol–water partition coefficient (Wildman–Crippen LogP) is 0.0650. The van der Waals surface area contributed by atoms with Crippen molar-refractivity contribution in [3.8, 4) is 0 Å². The molecule has 2 aromatic rings. The number of fused-ring (bicyclic) bond motifs is 1. The van der Waals surface area contributed by atoms with E-state index >= 15 is 0 Å². The van der Waals surface area contributed by atoms with Gasteiger partial charge in [-0.15, -0.1) is 0 Å². The van der Waals surface area contributed by atoms with Crippen LogP contribution in [0.3, 0.4) is 0 Å². The molecule has 0 radical (unpaired) electrons. The van der Waals surface area contributed by atoms with Gasteiger partial charge in [-0.1, -0.05) is 0 Å². The van der Waals surface area contributed by atoms with E-state index in [4.69, 9.17) is 0 Å². The van der Waals surface area contributed by atoms with Crippen molar-refractivity contribution in [2.24, 2.45) is 0 Å². The molecule has 0 aromatic carbocycles. The Morgan fingerprint density at radius 3 is 2.69 bits per heavy atom. The highest BCUT2D eigenvalue weighted by Gasteiger charge is 2.17. The van der Waals surface area contributed by atoms with Crippen LogP contribution in [-0.4, -0.2) is 5.91 Å². The zero-order valence-electron chi connectivity index (χ0n) is 8.51. The highest BCUT2D eigenvalue weighted by atomic mass is 16.5. The first-order valence-corrected chi connectivity index (χ1v) is 4.61. The molecular weight excluding hydrogens is 210 g/mol. The Kier molecular flexibility index (Phi) is 2.32. The lowest BCUT2D eigenvalue weighted by Gasteiger charge is -2.06. The molecule has 0 unspecified atom stereocenters. The van der Waals surface area contributed by atoms with Crippen molar-refractivity contribution in [2.45, 2.75) is 6.92 Å². The van der Waals surface area contributed by atoms with Crippen LogP contribution < -0.4 is 14.8 Å². The molecule has 0 saturated heterocycles. The number of nitrogens with one attached hydrogen (secondary N) is 1. The Morgan fingerprint density at radius 2 is 2.00 bits per heavy atom. The Morgan fingerprint density at radius 1 is 1.25 bits per heavy atom. The number of anilines is 1. The first kappa shape index (κ1) is 10.2. The maximum absolute atomic E-state index is 11.5. The molecule has 2 heterocycles. The largest absolute Gasteiger partial charge is 0.618 e. The highest BCUT2D eigenvalue weighted by molar-refractivity contribution is 5.95. The topological polar surface area (TPSA) is 83.0 Å². The van der Waals surface area contributed by atoms with Gasteiger partial charge in [0.2, 0.25) is 5.91 Å². The summed E-state index contributed by atoms with van der Waals surface area (Å²) < 4.78 is 1.13. The fourth-order valence-corrected chi connectivity index (χ4v) is 1.51. The summed E-state index contributed by atoms with van der Waals surface area (Å²) in [5, 5.41) is 25.5. The van der Waals surface area contributed by atoms with Crippen LogP contribution in [0.5, 0.6) is 0 Å². The van der Waals surface area contributed by atoms with Crippen molar-refractivity contribution in [1.29, 1.82) is 0 Å². The van der Waals surface area contributed by atoms with Gasteiger partial charge in [0.05, 0.1) is 0 Å². The summed E-state index contributed by atoms with van der Waals surface area (Å²) >= 11 is 0.